The molecule has 2 heterocycles. The number of nitrogens with one attached hydrogen (secondary N) is 1. The van der Waals surface area contributed by atoms with Crippen molar-refractivity contribution in [1.29, 1.82) is 0 Å². The van der Waals surface area contributed by atoms with Crippen molar-refractivity contribution in [3.8, 4) is 0 Å². The van der Waals surface area contributed by atoms with Gasteiger partial charge in [0.15, 0.2) is 0 Å². The molecule has 1 saturated heterocycles. The number of halogens is 1. The lowest BCUT2D eigenvalue weighted by Crippen LogP contribution is -2.38. The summed E-state index contributed by atoms with van der Waals surface area (Å²) < 4.78 is 0. The molecule has 1 aliphatic heterocycles. The van der Waals surface area contributed by atoms with Crippen LogP contribution in [0, 0.1) is 5.92 Å². The fourth-order valence-electron chi connectivity index (χ4n) is 2.23. The molecule has 0 spiro atoms. The Hall–Kier alpha value is -1.29. The monoisotopic (exact) mass is 267 g/mol. The molecule has 0 aliphatic carbocycles. The minimum absolute atomic E-state index is 0.0499. The van der Waals surface area contributed by atoms with E-state index in [1.807, 2.05) is 12.1 Å². The highest BCUT2D eigenvalue weighted by Gasteiger charge is 2.20. The fraction of sp³-hybridized carbons (Fsp3) is 0.538. The van der Waals surface area contributed by atoms with E-state index in [-0.39, 0.29) is 5.91 Å². The highest BCUT2D eigenvalue weighted by molar-refractivity contribution is 6.29. The van der Waals surface area contributed by atoms with Crippen LogP contribution in [-0.4, -0.2) is 30.5 Å². The number of hydrogen-bond acceptors (Lipinski definition) is 3. The third-order valence-corrected chi connectivity index (χ3v) is 3.49. The van der Waals surface area contributed by atoms with Crippen molar-refractivity contribution in [2.24, 2.45) is 5.92 Å². The molecule has 0 radical (unpaired) electrons. The first-order valence-corrected chi connectivity index (χ1v) is 6.65. The molecule has 0 aromatic carbocycles. The van der Waals surface area contributed by atoms with Gasteiger partial charge in [-0.05, 0) is 30.9 Å². The van der Waals surface area contributed by atoms with E-state index in [1.165, 1.54) is 0 Å². The van der Waals surface area contributed by atoms with Gasteiger partial charge in [-0.2, -0.15) is 0 Å². The SMILES string of the molecule is CC(=O)NCC1CCN(c2cccc(Cl)n2)CC1. The number of amides is 1. The Labute approximate surface area is 112 Å². The van der Waals surface area contributed by atoms with Crippen molar-refractivity contribution < 1.29 is 4.79 Å². The first-order valence-electron chi connectivity index (χ1n) is 6.27. The van der Waals surface area contributed by atoms with Crippen molar-refractivity contribution in [1.82, 2.24) is 10.3 Å². The second kappa shape index (κ2) is 6.05. The zero-order valence-electron chi connectivity index (χ0n) is 10.5. The zero-order valence-corrected chi connectivity index (χ0v) is 11.3. The third kappa shape index (κ3) is 3.60. The average Bonchev–Trinajstić information content (AvgIpc) is 2.37. The predicted octanol–water partition coefficient (Wildman–Crippen LogP) is 2.09. The predicted molar refractivity (Wildman–Crippen MR) is 72.9 cm³/mol. The Kier molecular flexibility index (Phi) is 4.42. The van der Waals surface area contributed by atoms with Gasteiger partial charge >= 0.3 is 0 Å². The van der Waals surface area contributed by atoms with Gasteiger partial charge in [0.1, 0.15) is 11.0 Å². The fourth-order valence-corrected chi connectivity index (χ4v) is 2.39. The Morgan fingerprint density at radius 1 is 1.50 bits per heavy atom. The maximum Gasteiger partial charge on any atom is 0.216 e. The van der Waals surface area contributed by atoms with Crippen molar-refractivity contribution in [3.63, 3.8) is 0 Å². The van der Waals surface area contributed by atoms with E-state index in [0.29, 0.717) is 11.1 Å². The van der Waals surface area contributed by atoms with Crippen LogP contribution in [0.15, 0.2) is 18.2 Å². The molecule has 1 aliphatic rings. The molecule has 0 unspecified atom stereocenters. The van der Waals surface area contributed by atoms with Gasteiger partial charge in [-0.3, -0.25) is 4.79 Å². The van der Waals surface area contributed by atoms with Crippen molar-refractivity contribution >= 4 is 23.3 Å². The van der Waals surface area contributed by atoms with Gasteiger partial charge in [0.25, 0.3) is 0 Å². The maximum atomic E-state index is 10.9. The topological polar surface area (TPSA) is 45.2 Å². The quantitative estimate of drug-likeness (QED) is 0.853. The molecule has 1 N–H and O–H groups in total. The summed E-state index contributed by atoms with van der Waals surface area (Å²) in [6.07, 6.45) is 2.16. The largest absolute Gasteiger partial charge is 0.357 e. The minimum Gasteiger partial charge on any atom is -0.357 e. The van der Waals surface area contributed by atoms with Crippen LogP contribution in [-0.2, 0) is 4.79 Å². The number of hydrogen-bond donors (Lipinski definition) is 1. The number of rotatable bonds is 3. The van der Waals surface area contributed by atoms with Crippen molar-refractivity contribution in [3.05, 3.63) is 23.4 Å². The van der Waals surface area contributed by atoms with Gasteiger partial charge in [0, 0.05) is 26.6 Å². The van der Waals surface area contributed by atoms with Crippen LogP contribution in [0.4, 0.5) is 5.82 Å². The summed E-state index contributed by atoms with van der Waals surface area (Å²) in [5.41, 5.74) is 0. The lowest BCUT2D eigenvalue weighted by molar-refractivity contribution is -0.119. The molecule has 1 fully saturated rings. The molecule has 0 bridgehead atoms. The van der Waals surface area contributed by atoms with Gasteiger partial charge < -0.3 is 10.2 Å². The van der Waals surface area contributed by atoms with E-state index >= 15 is 0 Å². The summed E-state index contributed by atoms with van der Waals surface area (Å²) in [5, 5.41) is 3.42. The van der Waals surface area contributed by atoms with E-state index in [9.17, 15) is 4.79 Å². The number of anilines is 1. The molecule has 4 nitrogen and oxygen atoms in total. The van der Waals surface area contributed by atoms with E-state index in [2.05, 4.69) is 15.2 Å². The Balaban J connectivity index is 1.85. The molecular weight excluding hydrogens is 250 g/mol. The van der Waals surface area contributed by atoms with Crippen LogP contribution >= 0.6 is 11.6 Å². The molecule has 98 valence electrons. The summed E-state index contributed by atoms with van der Waals surface area (Å²) in [6, 6.07) is 5.70. The van der Waals surface area contributed by atoms with Crippen molar-refractivity contribution in [2.45, 2.75) is 19.8 Å². The van der Waals surface area contributed by atoms with Gasteiger partial charge in [0.05, 0.1) is 0 Å². The highest BCUT2D eigenvalue weighted by atomic mass is 35.5. The van der Waals surface area contributed by atoms with Crippen LogP contribution in [0.3, 0.4) is 0 Å². The van der Waals surface area contributed by atoms with E-state index < -0.39 is 0 Å². The number of carbonyl (C=O) groups is 1. The highest BCUT2D eigenvalue weighted by Crippen LogP contribution is 2.22. The summed E-state index contributed by atoms with van der Waals surface area (Å²) in [6.45, 7) is 4.28. The summed E-state index contributed by atoms with van der Waals surface area (Å²) in [5.74, 6) is 1.57. The molecule has 0 atom stereocenters. The molecule has 1 amide bonds. The summed E-state index contributed by atoms with van der Waals surface area (Å²) in [7, 11) is 0. The number of carbonyl (C=O) groups excluding carboxylic acids is 1. The second-order valence-corrected chi connectivity index (χ2v) is 5.07. The number of pyridine rings is 1. The van der Waals surface area contributed by atoms with Crippen LogP contribution in [0.2, 0.25) is 5.15 Å². The summed E-state index contributed by atoms with van der Waals surface area (Å²) >= 11 is 5.89. The number of aromatic nitrogens is 1. The molecule has 5 heteroatoms. The Morgan fingerprint density at radius 3 is 2.83 bits per heavy atom. The third-order valence-electron chi connectivity index (χ3n) is 3.28. The smallest absolute Gasteiger partial charge is 0.216 e. The molecule has 18 heavy (non-hydrogen) atoms. The van der Waals surface area contributed by atoms with Crippen LogP contribution in [0.1, 0.15) is 19.8 Å². The van der Waals surface area contributed by atoms with Crippen LogP contribution in [0.25, 0.3) is 0 Å². The van der Waals surface area contributed by atoms with Gasteiger partial charge in [-0.25, -0.2) is 4.98 Å². The van der Waals surface area contributed by atoms with Gasteiger partial charge in [-0.1, -0.05) is 17.7 Å². The standard InChI is InChI=1S/C13H18ClN3O/c1-10(18)15-9-11-5-7-17(8-6-11)13-4-2-3-12(14)16-13/h2-4,11H,5-9H2,1H3,(H,15,18). The molecule has 1 aromatic rings. The molecule has 2 rings (SSSR count). The zero-order chi connectivity index (χ0) is 13.0. The lowest BCUT2D eigenvalue weighted by atomic mass is 9.97. The Morgan fingerprint density at radius 2 is 2.22 bits per heavy atom. The number of piperidine rings is 1. The second-order valence-electron chi connectivity index (χ2n) is 4.69. The molecule has 1 aromatic heterocycles. The first-order chi connectivity index (χ1) is 8.65. The van der Waals surface area contributed by atoms with Crippen LogP contribution in [0.5, 0.6) is 0 Å². The molecular formula is C13H18ClN3O. The van der Waals surface area contributed by atoms with E-state index in [0.717, 1.165) is 38.3 Å². The summed E-state index contributed by atoms with van der Waals surface area (Å²) in [4.78, 5) is 17.4. The van der Waals surface area contributed by atoms with Crippen molar-refractivity contribution in [2.75, 3.05) is 24.5 Å². The lowest BCUT2D eigenvalue weighted by Gasteiger charge is -2.32. The Bertz CT molecular complexity index is 416. The number of nitrogens with zero attached hydrogens (tertiary/aromatic N) is 2. The average molecular weight is 268 g/mol. The van der Waals surface area contributed by atoms with E-state index in [4.69, 9.17) is 11.6 Å². The van der Waals surface area contributed by atoms with Crippen LogP contribution < -0.4 is 10.2 Å². The molecule has 0 saturated carbocycles. The van der Waals surface area contributed by atoms with Gasteiger partial charge in [-0.15, -0.1) is 0 Å². The van der Waals surface area contributed by atoms with Gasteiger partial charge in [0.2, 0.25) is 5.91 Å². The normalized spacial score (nSPS) is 16.7. The van der Waals surface area contributed by atoms with E-state index in [1.54, 1.807) is 13.0 Å². The minimum atomic E-state index is 0.0499. The first kappa shape index (κ1) is 13.1. The maximum absolute atomic E-state index is 10.9.